The van der Waals surface area contributed by atoms with Gasteiger partial charge in [-0.15, -0.1) is 0 Å². The summed E-state index contributed by atoms with van der Waals surface area (Å²) >= 11 is 0. The van der Waals surface area contributed by atoms with E-state index in [1.54, 1.807) is 18.2 Å². The molecule has 2 aromatic carbocycles. The molecule has 0 saturated heterocycles. The van der Waals surface area contributed by atoms with E-state index in [1.807, 2.05) is 6.07 Å². The molecular weight excluding hydrogens is 291 g/mol. The lowest BCUT2D eigenvalue weighted by Crippen LogP contribution is -2.00. The molecule has 3 aromatic rings. The zero-order valence-electron chi connectivity index (χ0n) is 13.4. The first-order valence-electron chi connectivity index (χ1n) is 7.80. The lowest BCUT2D eigenvalue weighted by Gasteiger charge is -2.09. The number of aromatic nitrogens is 1. The van der Waals surface area contributed by atoms with E-state index in [1.165, 1.54) is 6.07 Å². The van der Waals surface area contributed by atoms with Gasteiger partial charge in [0.25, 0.3) is 0 Å². The summed E-state index contributed by atoms with van der Waals surface area (Å²) in [6.07, 6.45) is 2.08. The standard InChI is InChI=1S/C19H21FN2O/c1-13(2)22-11-15(12-23-19-6-4-3-5-17(19)20)16-8-7-14(10-21)9-18(16)22/h3-9,11,13H,10,12,21H2,1-2H3. The summed E-state index contributed by atoms with van der Waals surface area (Å²) in [6, 6.07) is 13.0. The van der Waals surface area contributed by atoms with Crippen molar-refractivity contribution in [3.63, 3.8) is 0 Å². The number of halogens is 1. The minimum Gasteiger partial charge on any atom is -0.486 e. The summed E-state index contributed by atoms with van der Waals surface area (Å²) in [5, 5.41) is 1.12. The molecule has 0 unspecified atom stereocenters. The molecule has 0 aliphatic rings. The summed E-state index contributed by atoms with van der Waals surface area (Å²) in [6.45, 7) is 5.12. The third kappa shape index (κ3) is 3.08. The summed E-state index contributed by atoms with van der Waals surface area (Å²) in [4.78, 5) is 0. The van der Waals surface area contributed by atoms with Gasteiger partial charge in [0.05, 0.1) is 0 Å². The molecule has 0 atom stereocenters. The third-order valence-electron chi connectivity index (χ3n) is 3.99. The number of rotatable bonds is 5. The van der Waals surface area contributed by atoms with Crippen molar-refractivity contribution in [3.8, 4) is 5.75 Å². The SMILES string of the molecule is CC(C)n1cc(COc2ccccc2F)c2ccc(CN)cc21. The highest BCUT2D eigenvalue weighted by molar-refractivity contribution is 5.84. The number of nitrogens with two attached hydrogens (primary N) is 1. The molecule has 1 heterocycles. The van der Waals surface area contributed by atoms with Gasteiger partial charge in [-0.05, 0) is 37.6 Å². The predicted octanol–water partition coefficient (Wildman–Crippen LogP) is 4.40. The molecule has 0 aliphatic heterocycles. The molecule has 4 heteroatoms. The molecule has 23 heavy (non-hydrogen) atoms. The Labute approximate surface area is 135 Å². The zero-order valence-corrected chi connectivity index (χ0v) is 13.4. The van der Waals surface area contributed by atoms with Crippen molar-refractivity contribution in [2.24, 2.45) is 5.73 Å². The van der Waals surface area contributed by atoms with Gasteiger partial charge in [0.2, 0.25) is 0 Å². The zero-order chi connectivity index (χ0) is 16.4. The Hall–Kier alpha value is -2.33. The fourth-order valence-electron chi connectivity index (χ4n) is 2.76. The molecule has 1 aromatic heterocycles. The van der Waals surface area contributed by atoms with Crippen LogP contribution in [0.5, 0.6) is 5.75 Å². The van der Waals surface area contributed by atoms with E-state index >= 15 is 0 Å². The molecule has 0 spiro atoms. The number of hydrogen-bond acceptors (Lipinski definition) is 2. The lowest BCUT2D eigenvalue weighted by atomic mass is 10.1. The maximum Gasteiger partial charge on any atom is 0.165 e. The van der Waals surface area contributed by atoms with Gasteiger partial charge >= 0.3 is 0 Å². The Morgan fingerprint density at radius 1 is 1.17 bits per heavy atom. The van der Waals surface area contributed by atoms with E-state index in [4.69, 9.17) is 10.5 Å². The summed E-state index contributed by atoms with van der Waals surface area (Å²) < 4.78 is 21.6. The van der Waals surface area contributed by atoms with Crippen LogP contribution in [0.3, 0.4) is 0 Å². The van der Waals surface area contributed by atoms with E-state index in [-0.39, 0.29) is 11.6 Å². The predicted molar refractivity (Wildman–Crippen MR) is 90.9 cm³/mol. The Bertz CT molecular complexity index is 823. The topological polar surface area (TPSA) is 40.2 Å². The van der Waals surface area contributed by atoms with E-state index in [0.717, 1.165) is 22.0 Å². The van der Waals surface area contributed by atoms with Crippen LogP contribution in [0.15, 0.2) is 48.7 Å². The highest BCUT2D eigenvalue weighted by atomic mass is 19.1. The first-order chi connectivity index (χ1) is 11.1. The van der Waals surface area contributed by atoms with Crippen molar-refractivity contribution in [3.05, 3.63) is 65.6 Å². The van der Waals surface area contributed by atoms with E-state index in [0.29, 0.717) is 19.2 Å². The monoisotopic (exact) mass is 312 g/mol. The first-order valence-corrected chi connectivity index (χ1v) is 7.80. The average Bonchev–Trinajstić information content (AvgIpc) is 2.92. The second-order valence-electron chi connectivity index (χ2n) is 5.93. The molecule has 120 valence electrons. The number of para-hydroxylation sites is 1. The van der Waals surface area contributed by atoms with Crippen LogP contribution in [-0.2, 0) is 13.2 Å². The van der Waals surface area contributed by atoms with Crippen LogP contribution < -0.4 is 10.5 Å². The van der Waals surface area contributed by atoms with E-state index < -0.39 is 0 Å². The Kier molecular flexibility index (Phi) is 4.35. The maximum atomic E-state index is 13.7. The van der Waals surface area contributed by atoms with Crippen LogP contribution in [0, 0.1) is 5.82 Å². The summed E-state index contributed by atoms with van der Waals surface area (Å²) in [5.41, 5.74) is 9.02. The highest BCUT2D eigenvalue weighted by Gasteiger charge is 2.12. The van der Waals surface area contributed by atoms with Gasteiger partial charge in [-0.1, -0.05) is 24.3 Å². The van der Waals surface area contributed by atoms with Crippen molar-refractivity contribution in [2.45, 2.75) is 33.0 Å². The van der Waals surface area contributed by atoms with Crippen LogP contribution >= 0.6 is 0 Å². The Morgan fingerprint density at radius 2 is 1.96 bits per heavy atom. The minimum atomic E-state index is -0.342. The fraction of sp³-hybridized carbons (Fsp3) is 0.263. The molecule has 0 radical (unpaired) electrons. The molecule has 0 fully saturated rings. The van der Waals surface area contributed by atoms with Gasteiger partial charge in [-0.3, -0.25) is 0 Å². The average molecular weight is 312 g/mol. The quantitative estimate of drug-likeness (QED) is 0.758. The number of fused-ring (bicyclic) bond motifs is 1. The minimum absolute atomic E-state index is 0.275. The largest absolute Gasteiger partial charge is 0.486 e. The van der Waals surface area contributed by atoms with Crippen LogP contribution in [0.1, 0.15) is 31.0 Å². The van der Waals surface area contributed by atoms with Crippen molar-refractivity contribution < 1.29 is 9.13 Å². The normalized spacial score (nSPS) is 11.3. The molecule has 2 N–H and O–H groups in total. The highest BCUT2D eigenvalue weighted by Crippen LogP contribution is 2.27. The molecule has 0 saturated carbocycles. The van der Waals surface area contributed by atoms with Crippen LogP contribution in [-0.4, -0.2) is 4.57 Å². The molecule has 0 aliphatic carbocycles. The van der Waals surface area contributed by atoms with E-state index in [2.05, 4.69) is 36.7 Å². The lowest BCUT2D eigenvalue weighted by molar-refractivity contribution is 0.291. The van der Waals surface area contributed by atoms with Gasteiger partial charge in [0.15, 0.2) is 11.6 Å². The van der Waals surface area contributed by atoms with Crippen molar-refractivity contribution in [1.29, 1.82) is 0 Å². The van der Waals surface area contributed by atoms with Crippen LogP contribution in [0.4, 0.5) is 4.39 Å². The number of nitrogens with zero attached hydrogens (tertiary/aromatic N) is 1. The van der Waals surface area contributed by atoms with Gasteiger partial charge in [-0.25, -0.2) is 4.39 Å². The molecule has 0 amide bonds. The van der Waals surface area contributed by atoms with Gasteiger partial charge in [0, 0.05) is 35.2 Å². The van der Waals surface area contributed by atoms with Crippen LogP contribution in [0.2, 0.25) is 0 Å². The molecule has 3 nitrogen and oxygen atoms in total. The maximum absolute atomic E-state index is 13.7. The second kappa shape index (κ2) is 6.42. The molecular formula is C19H21FN2O. The number of hydrogen-bond donors (Lipinski definition) is 1. The van der Waals surface area contributed by atoms with Crippen LogP contribution in [0.25, 0.3) is 10.9 Å². The Balaban J connectivity index is 1.96. The Morgan fingerprint density at radius 3 is 2.65 bits per heavy atom. The van der Waals surface area contributed by atoms with Gasteiger partial charge < -0.3 is 15.0 Å². The van der Waals surface area contributed by atoms with Crippen molar-refractivity contribution >= 4 is 10.9 Å². The molecule has 3 rings (SSSR count). The number of benzene rings is 2. The van der Waals surface area contributed by atoms with Gasteiger partial charge in [-0.2, -0.15) is 0 Å². The fourth-order valence-corrected chi connectivity index (χ4v) is 2.76. The second-order valence-corrected chi connectivity index (χ2v) is 5.93. The van der Waals surface area contributed by atoms with Crippen molar-refractivity contribution in [1.82, 2.24) is 4.57 Å². The van der Waals surface area contributed by atoms with Crippen molar-refractivity contribution in [2.75, 3.05) is 0 Å². The molecule has 0 bridgehead atoms. The summed E-state index contributed by atoms with van der Waals surface area (Å²) in [5.74, 6) is -0.0676. The first kappa shape index (κ1) is 15.6. The van der Waals surface area contributed by atoms with Gasteiger partial charge in [0.1, 0.15) is 6.61 Å². The number of ether oxygens (including phenoxy) is 1. The smallest absolute Gasteiger partial charge is 0.165 e. The summed E-state index contributed by atoms with van der Waals surface area (Å²) in [7, 11) is 0. The van der Waals surface area contributed by atoms with E-state index in [9.17, 15) is 4.39 Å². The third-order valence-corrected chi connectivity index (χ3v) is 3.99.